The van der Waals surface area contributed by atoms with Crippen LogP contribution in [-0.4, -0.2) is 28.4 Å². The van der Waals surface area contributed by atoms with Crippen LogP contribution in [0, 0.1) is 5.41 Å². The molecule has 2 fully saturated rings. The predicted molar refractivity (Wildman–Crippen MR) is 80.8 cm³/mol. The average molecular weight is 307 g/mol. The second-order valence-corrected chi connectivity index (χ2v) is 7.03. The first kappa shape index (κ1) is 14.7. The number of imide groups is 1. The highest BCUT2D eigenvalue weighted by Crippen LogP contribution is 2.44. The summed E-state index contributed by atoms with van der Waals surface area (Å²) in [6.45, 7) is 0.0934. The van der Waals surface area contributed by atoms with E-state index >= 15 is 0 Å². The quantitative estimate of drug-likeness (QED) is 0.874. The summed E-state index contributed by atoms with van der Waals surface area (Å²) in [7, 11) is 0. The molecule has 0 aromatic carbocycles. The SMILES string of the molecule is O=C1CC2(CCCCCC2)C(=O)N1CC(O)c1ccsc1. The van der Waals surface area contributed by atoms with Gasteiger partial charge in [-0.1, -0.05) is 25.7 Å². The molecule has 1 aromatic rings. The summed E-state index contributed by atoms with van der Waals surface area (Å²) in [4.78, 5) is 26.3. The molecule has 3 rings (SSSR count). The fraction of sp³-hybridized carbons (Fsp3) is 0.625. The third-order valence-electron chi connectivity index (χ3n) is 4.83. The molecule has 1 saturated carbocycles. The van der Waals surface area contributed by atoms with E-state index in [0.29, 0.717) is 6.42 Å². The standard InChI is InChI=1S/C16H21NO3S/c18-13(12-5-8-21-11-12)10-17-14(19)9-16(15(17)20)6-3-1-2-4-7-16/h5,8,11,13,18H,1-4,6-7,9-10H2. The average Bonchev–Trinajstić information content (AvgIpc) is 2.99. The number of nitrogens with zero attached hydrogens (tertiary/aromatic N) is 1. The highest BCUT2D eigenvalue weighted by molar-refractivity contribution is 7.07. The molecule has 0 bridgehead atoms. The van der Waals surface area contributed by atoms with Gasteiger partial charge in [-0.25, -0.2) is 0 Å². The topological polar surface area (TPSA) is 57.6 Å². The lowest BCUT2D eigenvalue weighted by atomic mass is 9.79. The molecular formula is C16H21NO3S. The van der Waals surface area contributed by atoms with Crippen LogP contribution in [0.25, 0.3) is 0 Å². The molecule has 5 heteroatoms. The molecule has 21 heavy (non-hydrogen) atoms. The van der Waals surface area contributed by atoms with E-state index in [-0.39, 0.29) is 18.4 Å². The zero-order valence-electron chi connectivity index (χ0n) is 12.1. The van der Waals surface area contributed by atoms with Crippen LogP contribution in [0.3, 0.4) is 0 Å². The van der Waals surface area contributed by atoms with Gasteiger partial charge in [-0.05, 0) is 35.2 Å². The van der Waals surface area contributed by atoms with Crippen molar-refractivity contribution in [2.75, 3.05) is 6.54 Å². The summed E-state index contributed by atoms with van der Waals surface area (Å²) in [6.07, 6.45) is 5.57. The molecule has 1 N–H and O–H groups in total. The summed E-state index contributed by atoms with van der Waals surface area (Å²) < 4.78 is 0. The highest BCUT2D eigenvalue weighted by atomic mass is 32.1. The normalized spacial score (nSPS) is 23.6. The molecule has 4 nitrogen and oxygen atoms in total. The second-order valence-electron chi connectivity index (χ2n) is 6.25. The van der Waals surface area contributed by atoms with Crippen LogP contribution in [0.5, 0.6) is 0 Å². The van der Waals surface area contributed by atoms with Crippen LogP contribution in [0.1, 0.15) is 56.6 Å². The van der Waals surface area contributed by atoms with E-state index in [9.17, 15) is 14.7 Å². The Bertz CT molecular complexity index is 518. The van der Waals surface area contributed by atoms with Crippen molar-refractivity contribution in [1.82, 2.24) is 4.90 Å². The van der Waals surface area contributed by atoms with Crippen molar-refractivity contribution >= 4 is 23.2 Å². The van der Waals surface area contributed by atoms with Gasteiger partial charge in [0.05, 0.1) is 18.1 Å². The minimum Gasteiger partial charge on any atom is -0.387 e. The minimum absolute atomic E-state index is 0.0521. The van der Waals surface area contributed by atoms with Crippen molar-refractivity contribution in [3.8, 4) is 0 Å². The van der Waals surface area contributed by atoms with Crippen molar-refractivity contribution < 1.29 is 14.7 Å². The summed E-state index contributed by atoms with van der Waals surface area (Å²) >= 11 is 1.50. The zero-order chi connectivity index (χ0) is 14.9. The van der Waals surface area contributed by atoms with Gasteiger partial charge in [0.1, 0.15) is 0 Å². The van der Waals surface area contributed by atoms with E-state index in [1.54, 1.807) is 0 Å². The number of carbonyl (C=O) groups is 2. The fourth-order valence-corrected chi connectivity index (χ4v) is 4.29. The second kappa shape index (κ2) is 5.89. The summed E-state index contributed by atoms with van der Waals surface area (Å²) in [6, 6.07) is 1.84. The van der Waals surface area contributed by atoms with Crippen LogP contribution in [0.15, 0.2) is 16.8 Å². The van der Waals surface area contributed by atoms with Crippen LogP contribution in [0.2, 0.25) is 0 Å². The van der Waals surface area contributed by atoms with E-state index in [0.717, 1.165) is 44.1 Å². The van der Waals surface area contributed by atoms with Gasteiger partial charge in [-0.15, -0.1) is 0 Å². The fourth-order valence-electron chi connectivity index (χ4n) is 3.58. The molecule has 2 heterocycles. The summed E-state index contributed by atoms with van der Waals surface area (Å²) in [5.41, 5.74) is 0.310. The molecule has 1 spiro atoms. The molecule has 1 unspecified atom stereocenters. The number of aliphatic hydroxyl groups is 1. The maximum Gasteiger partial charge on any atom is 0.236 e. The Labute approximate surface area is 128 Å². The Kier molecular flexibility index (Phi) is 4.13. The first-order valence-electron chi connectivity index (χ1n) is 7.67. The molecule has 2 aliphatic rings. The van der Waals surface area contributed by atoms with Gasteiger partial charge in [-0.3, -0.25) is 14.5 Å². The number of aliphatic hydroxyl groups excluding tert-OH is 1. The monoisotopic (exact) mass is 307 g/mol. The van der Waals surface area contributed by atoms with Gasteiger partial charge >= 0.3 is 0 Å². The van der Waals surface area contributed by atoms with Gasteiger partial charge in [0.2, 0.25) is 11.8 Å². The number of rotatable bonds is 3. The van der Waals surface area contributed by atoms with Gasteiger partial charge in [0, 0.05) is 6.42 Å². The molecule has 1 aliphatic heterocycles. The molecule has 1 saturated heterocycles. The number of carbonyl (C=O) groups excluding carboxylic acids is 2. The first-order valence-corrected chi connectivity index (χ1v) is 8.62. The Morgan fingerprint density at radius 3 is 2.57 bits per heavy atom. The highest BCUT2D eigenvalue weighted by Gasteiger charge is 2.51. The number of hydrogen-bond donors (Lipinski definition) is 1. The first-order chi connectivity index (χ1) is 10.1. The molecular weight excluding hydrogens is 286 g/mol. The van der Waals surface area contributed by atoms with Crippen LogP contribution in [0.4, 0.5) is 0 Å². The maximum absolute atomic E-state index is 12.7. The largest absolute Gasteiger partial charge is 0.387 e. The van der Waals surface area contributed by atoms with E-state index in [1.165, 1.54) is 16.2 Å². The van der Waals surface area contributed by atoms with E-state index in [2.05, 4.69) is 0 Å². The number of hydrogen-bond acceptors (Lipinski definition) is 4. The number of β-amino-alcohol motifs (C(OH)–C–C–N with tert-alkyl or cyclic N) is 1. The van der Waals surface area contributed by atoms with Crippen LogP contribution in [-0.2, 0) is 9.59 Å². The van der Waals surface area contributed by atoms with Crippen LogP contribution >= 0.6 is 11.3 Å². The lowest BCUT2D eigenvalue weighted by molar-refractivity contribution is -0.143. The summed E-state index contributed by atoms with van der Waals surface area (Å²) in [5.74, 6) is -0.167. The van der Waals surface area contributed by atoms with Crippen molar-refractivity contribution in [3.63, 3.8) is 0 Å². The van der Waals surface area contributed by atoms with Crippen molar-refractivity contribution in [3.05, 3.63) is 22.4 Å². The lowest BCUT2D eigenvalue weighted by Crippen LogP contribution is -2.38. The minimum atomic E-state index is -0.773. The predicted octanol–water partition coefficient (Wildman–Crippen LogP) is 2.88. The van der Waals surface area contributed by atoms with Gasteiger partial charge in [0.25, 0.3) is 0 Å². The van der Waals surface area contributed by atoms with Crippen molar-refractivity contribution in [1.29, 1.82) is 0 Å². The van der Waals surface area contributed by atoms with E-state index in [4.69, 9.17) is 0 Å². The van der Waals surface area contributed by atoms with Gasteiger partial charge in [0.15, 0.2) is 0 Å². The van der Waals surface area contributed by atoms with Crippen LogP contribution < -0.4 is 0 Å². The zero-order valence-corrected chi connectivity index (χ0v) is 12.9. The Balaban J connectivity index is 1.74. The van der Waals surface area contributed by atoms with E-state index < -0.39 is 11.5 Å². The maximum atomic E-state index is 12.7. The molecule has 1 aromatic heterocycles. The van der Waals surface area contributed by atoms with Gasteiger partial charge < -0.3 is 5.11 Å². The van der Waals surface area contributed by atoms with Crippen molar-refractivity contribution in [2.45, 2.75) is 51.0 Å². The Morgan fingerprint density at radius 1 is 1.24 bits per heavy atom. The molecule has 1 atom stereocenters. The molecule has 114 valence electrons. The molecule has 1 aliphatic carbocycles. The summed E-state index contributed by atoms with van der Waals surface area (Å²) in [5, 5.41) is 14.0. The smallest absolute Gasteiger partial charge is 0.236 e. The van der Waals surface area contributed by atoms with E-state index in [1.807, 2.05) is 16.8 Å². The third kappa shape index (κ3) is 2.77. The third-order valence-corrected chi connectivity index (χ3v) is 5.54. The number of likely N-dealkylation sites (tertiary alicyclic amines) is 1. The lowest BCUT2D eigenvalue weighted by Gasteiger charge is -2.25. The van der Waals surface area contributed by atoms with Gasteiger partial charge in [-0.2, -0.15) is 11.3 Å². The Hall–Kier alpha value is -1.20. The number of amides is 2. The Morgan fingerprint density at radius 2 is 1.95 bits per heavy atom. The number of thiophene rings is 1. The molecule has 0 radical (unpaired) electrons. The molecule has 2 amide bonds. The van der Waals surface area contributed by atoms with Crippen molar-refractivity contribution in [2.24, 2.45) is 5.41 Å².